The molecule has 0 spiro atoms. The highest BCUT2D eigenvalue weighted by Crippen LogP contribution is 1.88. The molecule has 0 N–H and O–H groups in total. The Hall–Kier alpha value is -0.0900. The Morgan fingerprint density at radius 2 is 0.500 bits per heavy atom. The average Bonchev–Trinajstić information content (AvgIpc) is 2.89. The van der Waals surface area contributed by atoms with Crippen molar-refractivity contribution < 1.29 is 52.1 Å². The molecule has 0 saturated carbocycles. The van der Waals surface area contributed by atoms with Crippen LogP contribution in [-0.4, -0.2) is 152 Å². The van der Waals surface area contributed by atoms with Crippen molar-refractivity contribution in [2.24, 2.45) is 0 Å². The number of methoxy groups -OCH3 is 1. The maximum Gasteiger partial charge on any atom is 0.0701 e. The van der Waals surface area contributed by atoms with E-state index in [-0.39, 0.29) is 0 Å². The molecule has 12 heteroatoms. The van der Waals surface area contributed by atoms with E-state index in [0.29, 0.717) is 132 Å². The maximum atomic E-state index is 5.45. The van der Waals surface area contributed by atoms with Gasteiger partial charge in [0.2, 0.25) is 0 Å². The Morgan fingerprint density at radius 3 is 0.694 bits per heavy atom. The lowest BCUT2D eigenvalue weighted by Gasteiger charge is -2.09. The molecule has 0 aromatic carbocycles. The van der Waals surface area contributed by atoms with Crippen LogP contribution in [0, 0.1) is 0 Å². The third kappa shape index (κ3) is 33.9. The van der Waals surface area contributed by atoms with Crippen LogP contribution in [0.5, 0.6) is 0 Å². The van der Waals surface area contributed by atoms with E-state index in [2.05, 4.69) is 12.6 Å². The highest BCUT2D eigenvalue weighted by atomic mass is 32.1. The Kier molecular flexibility index (Phi) is 34.8. The standard InChI is InChI=1S/C24H50O11S/c1-25-4-5-27-8-9-29-12-13-31-16-17-33-20-21-35-23-22-34-19-18-32-15-14-30-11-10-28-7-6-26-3-2-24-36/h36H,2-24H2,1H3. The van der Waals surface area contributed by atoms with Gasteiger partial charge in [-0.2, -0.15) is 12.6 Å². The summed E-state index contributed by atoms with van der Waals surface area (Å²) < 4.78 is 59.0. The van der Waals surface area contributed by atoms with Gasteiger partial charge in [0.05, 0.1) is 132 Å². The van der Waals surface area contributed by atoms with Crippen LogP contribution >= 0.6 is 12.6 Å². The summed E-state index contributed by atoms with van der Waals surface area (Å²) in [6.07, 6.45) is 0.962. The van der Waals surface area contributed by atoms with Gasteiger partial charge < -0.3 is 52.1 Å². The fourth-order valence-corrected chi connectivity index (χ4v) is 2.52. The molecule has 11 nitrogen and oxygen atoms in total. The van der Waals surface area contributed by atoms with Gasteiger partial charge in [-0.3, -0.25) is 0 Å². The molecule has 0 atom stereocenters. The zero-order valence-corrected chi connectivity index (χ0v) is 23.1. The summed E-state index contributed by atoms with van der Waals surface area (Å²) >= 11 is 4.12. The van der Waals surface area contributed by atoms with E-state index < -0.39 is 0 Å². The molecule has 0 rings (SSSR count). The van der Waals surface area contributed by atoms with E-state index in [0.717, 1.165) is 18.8 Å². The molecule has 0 bridgehead atoms. The van der Waals surface area contributed by atoms with E-state index in [4.69, 9.17) is 52.1 Å². The van der Waals surface area contributed by atoms with Gasteiger partial charge in [-0.05, 0) is 12.2 Å². The molecule has 218 valence electrons. The largest absolute Gasteiger partial charge is 0.382 e. The first-order chi connectivity index (χ1) is 17.9. The molecule has 0 saturated heterocycles. The fourth-order valence-electron chi connectivity index (χ4n) is 2.39. The Labute approximate surface area is 223 Å². The number of hydrogen-bond acceptors (Lipinski definition) is 12. The lowest BCUT2D eigenvalue weighted by molar-refractivity contribution is -0.0270. The van der Waals surface area contributed by atoms with Crippen molar-refractivity contribution in [1.82, 2.24) is 0 Å². The summed E-state index contributed by atoms with van der Waals surface area (Å²) in [4.78, 5) is 0. The van der Waals surface area contributed by atoms with Gasteiger partial charge in [-0.1, -0.05) is 0 Å². The molecule has 0 aliphatic carbocycles. The topological polar surface area (TPSA) is 102 Å². The molecule has 0 aliphatic rings. The lowest BCUT2D eigenvalue weighted by atomic mass is 10.5. The second kappa shape index (κ2) is 34.9. The predicted octanol–water partition coefficient (Wildman–Crippen LogP) is 1.12. The van der Waals surface area contributed by atoms with Gasteiger partial charge in [0, 0.05) is 13.7 Å². The summed E-state index contributed by atoms with van der Waals surface area (Å²) in [5.74, 6) is 0.844. The normalized spacial score (nSPS) is 11.5. The minimum absolute atomic E-state index is 0.524. The van der Waals surface area contributed by atoms with Gasteiger partial charge in [0.15, 0.2) is 0 Å². The number of thiol groups is 1. The van der Waals surface area contributed by atoms with Crippen molar-refractivity contribution in [2.45, 2.75) is 6.42 Å². The van der Waals surface area contributed by atoms with Crippen LogP contribution in [0.15, 0.2) is 0 Å². The SMILES string of the molecule is COCCOCCOCCOCCOCCOCCOCCOCCOCCOCCOCCCS. The van der Waals surface area contributed by atoms with E-state index in [1.54, 1.807) is 7.11 Å². The van der Waals surface area contributed by atoms with Crippen LogP contribution in [0.2, 0.25) is 0 Å². The highest BCUT2D eigenvalue weighted by molar-refractivity contribution is 7.80. The zero-order chi connectivity index (χ0) is 26.0. The molecule has 0 aliphatic heterocycles. The Morgan fingerprint density at radius 1 is 0.306 bits per heavy atom. The summed E-state index contributed by atoms with van der Waals surface area (Å²) in [7, 11) is 1.65. The molecular weight excluding hydrogens is 496 g/mol. The molecule has 0 aromatic heterocycles. The van der Waals surface area contributed by atoms with E-state index in [1.165, 1.54) is 0 Å². The summed E-state index contributed by atoms with van der Waals surface area (Å²) in [5, 5.41) is 0. The van der Waals surface area contributed by atoms with Gasteiger partial charge in [-0.25, -0.2) is 0 Å². The monoisotopic (exact) mass is 546 g/mol. The number of ether oxygens (including phenoxy) is 11. The van der Waals surface area contributed by atoms with E-state index in [9.17, 15) is 0 Å². The number of hydrogen-bond donors (Lipinski definition) is 1. The van der Waals surface area contributed by atoms with Crippen LogP contribution in [0.1, 0.15) is 6.42 Å². The Bertz CT molecular complexity index is 350. The quantitative estimate of drug-likeness (QED) is 0.0947. The first-order valence-electron chi connectivity index (χ1n) is 12.8. The molecule has 0 amide bonds. The van der Waals surface area contributed by atoms with Crippen LogP contribution in [0.3, 0.4) is 0 Å². The molecule has 0 unspecified atom stereocenters. The minimum atomic E-state index is 0.524. The van der Waals surface area contributed by atoms with E-state index in [1.807, 2.05) is 0 Å². The van der Waals surface area contributed by atoms with Crippen molar-refractivity contribution >= 4 is 12.6 Å². The lowest BCUT2D eigenvalue weighted by Crippen LogP contribution is -2.15. The fraction of sp³-hybridized carbons (Fsp3) is 1.00. The molecule has 0 heterocycles. The molecule has 0 radical (unpaired) electrons. The van der Waals surface area contributed by atoms with Crippen molar-refractivity contribution in [3.05, 3.63) is 0 Å². The van der Waals surface area contributed by atoms with Gasteiger partial charge in [-0.15, -0.1) is 0 Å². The van der Waals surface area contributed by atoms with Crippen molar-refractivity contribution in [3.8, 4) is 0 Å². The van der Waals surface area contributed by atoms with Crippen molar-refractivity contribution in [2.75, 3.05) is 152 Å². The molecule has 0 aromatic rings. The first kappa shape index (κ1) is 35.9. The average molecular weight is 547 g/mol. The van der Waals surface area contributed by atoms with Gasteiger partial charge in [0.25, 0.3) is 0 Å². The Balaban J connectivity index is 3.00. The third-order valence-electron chi connectivity index (χ3n) is 4.23. The smallest absolute Gasteiger partial charge is 0.0701 e. The molecular formula is C24H50O11S. The van der Waals surface area contributed by atoms with Crippen LogP contribution in [-0.2, 0) is 52.1 Å². The third-order valence-corrected chi connectivity index (χ3v) is 4.54. The van der Waals surface area contributed by atoms with Crippen LogP contribution in [0.25, 0.3) is 0 Å². The van der Waals surface area contributed by atoms with Crippen molar-refractivity contribution in [1.29, 1.82) is 0 Å². The second-order valence-electron chi connectivity index (χ2n) is 7.19. The second-order valence-corrected chi connectivity index (χ2v) is 7.64. The van der Waals surface area contributed by atoms with Gasteiger partial charge >= 0.3 is 0 Å². The van der Waals surface area contributed by atoms with E-state index >= 15 is 0 Å². The van der Waals surface area contributed by atoms with Crippen molar-refractivity contribution in [3.63, 3.8) is 0 Å². The zero-order valence-electron chi connectivity index (χ0n) is 22.2. The predicted molar refractivity (Wildman–Crippen MR) is 139 cm³/mol. The van der Waals surface area contributed by atoms with Gasteiger partial charge in [0.1, 0.15) is 0 Å². The minimum Gasteiger partial charge on any atom is -0.382 e. The summed E-state index contributed by atoms with van der Waals surface area (Å²) in [5.41, 5.74) is 0. The molecule has 0 fully saturated rings. The summed E-state index contributed by atoms with van der Waals surface area (Å²) in [6.45, 7) is 11.7. The maximum absolute atomic E-state index is 5.45. The summed E-state index contributed by atoms with van der Waals surface area (Å²) in [6, 6.07) is 0. The van der Waals surface area contributed by atoms with Crippen LogP contribution < -0.4 is 0 Å². The molecule has 36 heavy (non-hydrogen) atoms. The first-order valence-corrected chi connectivity index (χ1v) is 13.4. The number of rotatable bonds is 33. The van der Waals surface area contributed by atoms with Crippen LogP contribution in [0.4, 0.5) is 0 Å². The highest BCUT2D eigenvalue weighted by Gasteiger charge is 1.96.